The third-order valence-electron chi connectivity index (χ3n) is 1.80. The quantitative estimate of drug-likeness (QED) is 0.645. The van der Waals surface area contributed by atoms with Crippen molar-refractivity contribution >= 4 is 44.0 Å². The van der Waals surface area contributed by atoms with Gasteiger partial charge < -0.3 is 0 Å². The number of hydrogen-bond donors (Lipinski definition) is 0. The van der Waals surface area contributed by atoms with Crippen molar-refractivity contribution in [3.8, 4) is 0 Å². The molecule has 0 nitrogen and oxygen atoms in total. The summed E-state index contributed by atoms with van der Waals surface area (Å²) in [7, 11) is 0. The van der Waals surface area contributed by atoms with Crippen LogP contribution in [0.5, 0.6) is 0 Å². The lowest BCUT2D eigenvalue weighted by Gasteiger charge is -1.95. The summed E-state index contributed by atoms with van der Waals surface area (Å²) in [5.74, 6) is -0.0772. The highest BCUT2D eigenvalue weighted by Gasteiger charge is 2.06. The molecule has 1 heterocycles. The molecule has 0 saturated carbocycles. The van der Waals surface area contributed by atoms with E-state index in [2.05, 4.69) is 22.6 Å². The lowest BCUT2D eigenvalue weighted by Crippen LogP contribution is -1.80. The molecule has 0 fully saturated rings. The van der Waals surface area contributed by atoms with Crippen molar-refractivity contribution in [2.24, 2.45) is 0 Å². The van der Waals surface area contributed by atoms with Crippen LogP contribution in [0, 0.1) is 15.6 Å². The van der Waals surface area contributed by atoms with Crippen LogP contribution in [0.25, 0.3) is 10.1 Å². The normalized spacial score (nSPS) is 10.9. The van der Waals surface area contributed by atoms with E-state index in [0.717, 1.165) is 18.5 Å². The molecule has 0 radical (unpaired) electrons. The maximum absolute atomic E-state index is 13.4. The van der Waals surface area contributed by atoms with Gasteiger partial charge in [0.25, 0.3) is 0 Å². The smallest absolute Gasteiger partial charge is 0.134 e. The number of rotatable bonds is 0. The molecule has 0 atom stereocenters. The maximum Gasteiger partial charge on any atom is 0.134 e. The van der Waals surface area contributed by atoms with E-state index in [0.29, 0.717) is 0 Å². The minimum Gasteiger partial charge on any atom is -0.206 e. The van der Waals surface area contributed by atoms with Gasteiger partial charge in [0.2, 0.25) is 0 Å². The summed E-state index contributed by atoms with van der Waals surface area (Å²) in [6, 6.07) is 5.69. The van der Waals surface area contributed by atoms with Gasteiger partial charge in [-0.15, -0.1) is 11.3 Å². The van der Waals surface area contributed by atoms with E-state index in [1.54, 1.807) is 18.3 Å². The molecular weight excluding hydrogens is 286 g/mol. The van der Waals surface area contributed by atoms with Crippen LogP contribution in [0.15, 0.2) is 18.2 Å². The summed E-state index contributed by atoms with van der Waals surface area (Å²) in [4.78, 5) is 0. The molecule has 0 bridgehead atoms. The number of fused-ring (bicyclic) bond motifs is 1. The molecule has 62 valence electrons. The van der Waals surface area contributed by atoms with E-state index >= 15 is 0 Å². The van der Waals surface area contributed by atoms with Crippen molar-refractivity contribution < 1.29 is 4.39 Å². The standard InChI is InChI=1S/C9H6FIS/c1-5-2-3-7-6(9(5)10)4-8(11)12-7/h2-4H,1H3. The van der Waals surface area contributed by atoms with Gasteiger partial charge in [-0.2, -0.15) is 0 Å². The molecule has 0 saturated heterocycles. The molecule has 0 spiro atoms. The van der Waals surface area contributed by atoms with Gasteiger partial charge in [-0.1, -0.05) is 6.07 Å². The van der Waals surface area contributed by atoms with Gasteiger partial charge in [0.15, 0.2) is 0 Å². The van der Waals surface area contributed by atoms with Crippen molar-refractivity contribution in [2.75, 3.05) is 0 Å². The van der Waals surface area contributed by atoms with Crippen LogP contribution in [-0.4, -0.2) is 0 Å². The highest BCUT2D eigenvalue weighted by Crippen LogP contribution is 2.29. The zero-order valence-corrected chi connectivity index (χ0v) is 9.37. The molecule has 2 aromatic rings. The van der Waals surface area contributed by atoms with Crippen LogP contribution < -0.4 is 0 Å². The zero-order valence-electron chi connectivity index (χ0n) is 6.40. The third-order valence-corrected chi connectivity index (χ3v) is 3.66. The first-order valence-corrected chi connectivity index (χ1v) is 5.42. The molecule has 1 aromatic carbocycles. The molecule has 0 aliphatic carbocycles. The van der Waals surface area contributed by atoms with Crippen molar-refractivity contribution in [1.29, 1.82) is 0 Å². The predicted molar refractivity (Wildman–Crippen MR) is 59.2 cm³/mol. The Hall–Kier alpha value is -0.160. The first kappa shape index (κ1) is 8.44. The Bertz CT molecular complexity index is 433. The second-order valence-electron chi connectivity index (χ2n) is 2.66. The molecule has 1 aromatic heterocycles. The second-order valence-corrected chi connectivity index (χ2v) is 5.64. The van der Waals surface area contributed by atoms with Crippen LogP contribution in [0.1, 0.15) is 5.56 Å². The van der Waals surface area contributed by atoms with Gasteiger partial charge in [-0.25, -0.2) is 4.39 Å². The highest BCUT2D eigenvalue weighted by atomic mass is 127. The van der Waals surface area contributed by atoms with Gasteiger partial charge in [-0.3, -0.25) is 0 Å². The average Bonchev–Trinajstić information content (AvgIpc) is 2.39. The lowest BCUT2D eigenvalue weighted by atomic mass is 10.2. The average molecular weight is 292 g/mol. The Balaban J connectivity index is 2.89. The summed E-state index contributed by atoms with van der Waals surface area (Å²) in [5.41, 5.74) is 0.719. The van der Waals surface area contributed by atoms with Crippen LogP contribution in [-0.2, 0) is 0 Å². The number of halogens is 2. The zero-order chi connectivity index (χ0) is 8.72. The summed E-state index contributed by atoms with van der Waals surface area (Å²) in [6.07, 6.45) is 0. The van der Waals surface area contributed by atoms with Crippen LogP contribution in [0.3, 0.4) is 0 Å². The molecule has 0 aliphatic heterocycles. The maximum atomic E-state index is 13.4. The fourth-order valence-corrected chi connectivity index (χ4v) is 2.96. The van der Waals surface area contributed by atoms with Gasteiger partial charge >= 0.3 is 0 Å². The van der Waals surface area contributed by atoms with Crippen molar-refractivity contribution in [3.05, 3.63) is 32.5 Å². The van der Waals surface area contributed by atoms with Crippen LogP contribution >= 0.6 is 33.9 Å². The van der Waals surface area contributed by atoms with E-state index in [1.807, 2.05) is 18.2 Å². The van der Waals surface area contributed by atoms with E-state index < -0.39 is 0 Å². The van der Waals surface area contributed by atoms with E-state index in [9.17, 15) is 4.39 Å². The Kier molecular flexibility index (Phi) is 2.08. The van der Waals surface area contributed by atoms with E-state index in [1.165, 1.54) is 0 Å². The van der Waals surface area contributed by atoms with Crippen molar-refractivity contribution in [3.63, 3.8) is 0 Å². The Labute approximate surface area is 87.5 Å². The summed E-state index contributed by atoms with van der Waals surface area (Å²) < 4.78 is 15.6. The monoisotopic (exact) mass is 292 g/mol. The summed E-state index contributed by atoms with van der Waals surface area (Å²) in [5, 5.41) is 0.754. The lowest BCUT2D eigenvalue weighted by molar-refractivity contribution is 0.631. The Morgan fingerprint density at radius 1 is 1.42 bits per heavy atom. The minimum absolute atomic E-state index is 0.0772. The number of thiophene rings is 1. The highest BCUT2D eigenvalue weighted by molar-refractivity contribution is 14.1. The largest absolute Gasteiger partial charge is 0.206 e. The summed E-state index contributed by atoms with van der Waals surface area (Å²) in [6.45, 7) is 1.79. The molecule has 0 unspecified atom stereocenters. The summed E-state index contributed by atoms with van der Waals surface area (Å²) >= 11 is 3.83. The fourth-order valence-electron chi connectivity index (χ4n) is 1.16. The Morgan fingerprint density at radius 3 is 2.92 bits per heavy atom. The van der Waals surface area contributed by atoms with Crippen molar-refractivity contribution in [2.45, 2.75) is 6.92 Å². The SMILES string of the molecule is Cc1ccc2sc(I)cc2c1F. The molecule has 2 rings (SSSR count). The third kappa shape index (κ3) is 1.25. The van der Waals surface area contributed by atoms with Gasteiger partial charge in [0.05, 0.1) is 2.88 Å². The molecule has 0 amide bonds. The number of aryl methyl sites for hydroxylation is 1. The molecule has 0 N–H and O–H groups in total. The first-order valence-electron chi connectivity index (χ1n) is 3.52. The predicted octanol–water partition coefficient (Wildman–Crippen LogP) is 3.95. The van der Waals surface area contributed by atoms with Crippen molar-refractivity contribution in [1.82, 2.24) is 0 Å². The van der Waals surface area contributed by atoms with Crippen LogP contribution in [0.4, 0.5) is 4.39 Å². The molecular formula is C9H6FIS. The van der Waals surface area contributed by atoms with E-state index in [4.69, 9.17) is 0 Å². The Morgan fingerprint density at radius 2 is 2.17 bits per heavy atom. The minimum atomic E-state index is -0.0772. The van der Waals surface area contributed by atoms with E-state index in [-0.39, 0.29) is 5.82 Å². The molecule has 3 heteroatoms. The molecule has 0 aliphatic rings. The van der Waals surface area contributed by atoms with Gasteiger partial charge in [0.1, 0.15) is 5.82 Å². The van der Waals surface area contributed by atoms with Crippen LogP contribution in [0.2, 0.25) is 0 Å². The first-order chi connectivity index (χ1) is 5.68. The van der Waals surface area contributed by atoms with Gasteiger partial charge in [-0.05, 0) is 47.2 Å². The topological polar surface area (TPSA) is 0 Å². The van der Waals surface area contributed by atoms with Gasteiger partial charge in [0, 0.05) is 10.1 Å². The molecule has 12 heavy (non-hydrogen) atoms. The number of benzene rings is 1. The number of hydrogen-bond acceptors (Lipinski definition) is 1. The second kappa shape index (κ2) is 2.96. The fraction of sp³-hybridized carbons (Fsp3) is 0.111.